The Hall–Kier alpha value is -0.873. The smallest absolute Gasteiger partial charge is 0.338 e. The molecule has 1 unspecified atom stereocenters. The average molecular weight is 325 g/mol. The minimum absolute atomic E-state index is 0.0837. The number of rotatable bonds is 8. The van der Waals surface area contributed by atoms with E-state index in [9.17, 15) is 4.79 Å². The zero-order valence-electron chi connectivity index (χ0n) is 15.1. The fourth-order valence-corrected chi connectivity index (χ4v) is 3.10. The first kappa shape index (κ1) is 19.2. The molecule has 4 heteroatoms. The first-order valence-corrected chi connectivity index (χ1v) is 11.3. The molecule has 0 spiro atoms. The second-order valence-corrected chi connectivity index (χ2v) is 12.4. The molecule has 1 rings (SSSR count). The van der Waals surface area contributed by atoms with E-state index in [0.29, 0.717) is 5.57 Å². The summed E-state index contributed by atoms with van der Waals surface area (Å²) < 4.78 is 11.2. The van der Waals surface area contributed by atoms with E-state index in [1.54, 1.807) is 0 Å². The van der Waals surface area contributed by atoms with Crippen molar-refractivity contribution in [3.63, 3.8) is 0 Å². The lowest BCUT2D eigenvalue weighted by Gasteiger charge is -2.36. The molecule has 0 saturated heterocycles. The molecule has 0 radical (unpaired) electrons. The topological polar surface area (TPSA) is 35.5 Å². The molecule has 0 amide bonds. The number of hydrogen-bond donors (Lipinski definition) is 0. The van der Waals surface area contributed by atoms with E-state index in [1.165, 1.54) is 6.42 Å². The van der Waals surface area contributed by atoms with Crippen LogP contribution in [0.25, 0.3) is 0 Å². The molecule has 0 aliphatic carbocycles. The van der Waals surface area contributed by atoms with Gasteiger partial charge in [-0.15, -0.1) is 0 Å². The van der Waals surface area contributed by atoms with E-state index in [1.807, 2.05) is 19.1 Å². The summed E-state index contributed by atoms with van der Waals surface area (Å²) in [6, 6.07) is 0. The van der Waals surface area contributed by atoms with Crippen molar-refractivity contribution in [1.29, 1.82) is 0 Å². The standard InChI is InChI=1S/C18H32O3Si/c1-15-14-16(17(19)21-15)12-10-8-7-9-11-13-20-22(5,6)18(2,3)4/h10,12,14-15H,7-9,11,13H2,1-6H3/b12-10+. The van der Waals surface area contributed by atoms with Crippen LogP contribution in [0.5, 0.6) is 0 Å². The highest BCUT2D eigenvalue weighted by atomic mass is 28.4. The number of esters is 1. The largest absolute Gasteiger partial charge is 0.455 e. The molecule has 0 bridgehead atoms. The number of unbranched alkanes of at least 4 members (excludes halogenated alkanes) is 3. The van der Waals surface area contributed by atoms with Gasteiger partial charge >= 0.3 is 5.97 Å². The quantitative estimate of drug-likeness (QED) is 0.358. The SMILES string of the molecule is CC1C=C(/C=C/CCCCCO[Si](C)(C)C(C)(C)C)C(=O)O1. The summed E-state index contributed by atoms with van der Waals surface area (Å²) in [5.74, 6) is -0.202. The van der Waals surface area contributed by atoms with E-state index in [2.05, 4.69) is 39.9 Å². The van der Waals surface area contributed by atoms with E-state index in [4.69, 9.17) is 9.16 Å². The summed E-state index contributed by atoms with van der Waals surface area (Å²) >= 11 is 0. The molecule has 1 atom stereocenters. The minimum Gasteiger partial charge on any atom is -0.455 e. The molecule has 1 heterocycles. The van der Waals surface area contributed by atoms with Crippen molar-refractivity contribution in [2.45, 2.75) is 77.6 Å². The molecular weight excluding hydrogens is 292 g/mol. The molecule has 3 nitrogen and oxygen atoms in total. The highest BCUT2D eigenvalue weighted by molar-refractivity contribution is 6.74. The predicted molar refractivity (Wildman–Crippen MR) is 94.4 cm³/mol. The summed E-state index contributed by atoms with van der Waals surface area (Å²) in [5.41, 5.74) is 0.689. The predicted octanol–water partition coefficient (Wildman–Crippen LogP) is 5.00. The number of cyclic esters (lactones) is 1. The van der Waals surface area contributed by atoms with Gasteiger partial charge in [-0.1, -0.05) is 39.3 Å². The van der Waals surface area contributed by atoms with Crippen LogP contribution in [0.3, 0.4) is 0 Å². The fourth-order valence-electron chi connectivity index (χ4n) is 2.01. The van der Waals surface area contributed by atoms with E-state index in [0.717, 1.165) is 25.9 Å². The van der Waals surface area contributed by atoms with Gasteiger partial charge in [0.05, 0.1) is 5.57 Å². The number of ether oxygens (including phenoxy) is 1. The Balaban J connectivity index is 2.12. The van der Waals surface area contributed by atoms with E-state index < -0.39 is 8.32 Å². The molecule has 0 aromatic rings. The zero-order chi connectivity index (χ0) is 16.8. The molecule has 22 heavy (non-hydrogen) atoms. The average Bonchev–Trinajstić information content (AvgIpc) is 2.69. The molecule has 1 aliphatic rings. The highest BCUT2D eigenvalue weighted by Gasteiger charge is 2.36. The maximum atomic E-state index is 11.4. The van der Waals surface area contributed by atoms with Gasteiger partial charge in [0.25, 0.3) is 0 Å². The van der Waals surface area contributed by atoms with Crippen LogP contribution in [0.15, 0.2) is 23.8 Å². The summed E-state index contributed by atoms with van der Waals surface area (Å²) in [7, 11) is -1.59. The van der Waals surface area contributed by atoms with Crippen LogP contribution in [0.2, 0.25) is 18.1 Å². The molecule has 0 fully saturated rings. The van der Waals surface area contributed by atoms with E-state index in [-0.39, 0.29) is 17.1 Å². The molecule has 0 N–H and O–H groups in total. The van der Waals surface area contributed by atoms with Crippen LogP contribution in [-0.2, 0) is 14.0 Å². The Morgan fingerprint density at radius 1 is 1.27 bits per heavy atom. The summed E-state index contributed by atoms with van der Waals surface area (Å²) in [6.45, 7) is 14.2. The lowest BCUT2D eigenvalue weighted by Crippen LogP contribution is -2.40. The number of allylic oxidation sites excluding steroid dienone is 1. The van der Waals surface area contributed by atoms with Crippen molar-refractivity contribution >= 4 is 14.3 Å². The highest BCUT2D eigenvalue weighted by Crippen LogP contribution is 2.36. The van der Waals surface area contributed by atoms with Gasteiger partial charge in [-0.25, -0.2) is 4.79 Å². The lowest BCUT2D eigenvalue weighted by molar-refractivity contribution is -0.138. The molecule has 126 valence electrons. The molecule has 0 saturated carbocycles. The Kier molecular flexibility index (Phi) is 7.07. The Labute approximate surface area is 136 Å². The Morgan fingerprint density at radius 2 is 1.95 bits per heavy atom. The summed E-state index contributed by atoms with van der Waals surface area (Å²) in [5, 5.41) is 0.288. The van der Waals surface area contributed by atoms with Gasteiger partial charge in [-0.3, -0.25) is 0 Å². The molecule has 1 aliphatic heterocycles. The van der Waals surface area contributed by atoms with Gasteiger partial charge in [0.2, 0.25) is 0 Å². The van der Waals surface area contributed by atoms with Crippen molar-refractivity contribution in [1.82, 2.24) is 0 Å². The Morgan fingerprint density at radius 3 is 2.50 bits per heavy atom. The van der Waals surface area contributed by atoms with Gasteiger partial charge in [-0.05, 0) is 50.4 Å². The van der Waals surface area contributed by atoms with Gasteiger partial charge in [0.15, 0.2) is 8.32 Å². The minimum atomic E-state index is -1.59. The first-order valence-electron chi connectivity index (χ1n) is 8.37. The molecule has 0 aromatic carbocycles. The van der Waals surface area contributed by atoms with Crippen molar-refractivity contribution < 1.29 is 14.0 Å². The van der Waals surface area contributed by atoms with Crippen LogP contribution in [-0.4, -0.2) is 27.0 Å². The van der Waals surface area contributed by atoms with Gasteiger partial charge < -0.3 is 9.16 Å². The van der Waals surface area contributed by atoms with Crippen molar-refractivity contribution in [3.05, 3.63) is 23.8 Å². The Bertz CT molecular complexity index is 430. The van der Waals surface area contributed by atoms with Crippen molar-refractivity contribution in [2.75, 3.05) is 6.61 Å². The summed E-state index contributed by atoms with van der Waals surface area (Å²) in [4.78, 5) is 11.4. The molecular formula is C18H32O3Si. The third-order valence-electron chi connectivity index (χ3n) is 4.52. The van der Waals surface area contributed by atoms with Crippen LogP contribution in [0.4, 0.5) is 0 Å². The number of carbonyl (C=O) groups is 1. The molecule has 0 aromatic heterocycles. The maximum absolute atomic E-state index is 11.4. The van der Waals surface area contributed by atoms with Crippen molar-refractivity contribution in [2.24, 2.45) is 0 Å². The van der Waals surface area contributed by atoms with E-state index >= 15 is 0 Å². The maximum Gasteiger partial charge on any atom is 0.338 e. The number of carbonyl (C=O) groups excluding carboxylic acids is 1. The fraction of sp³-hybridized carbons (Fsp3) is 0.722. The lowest BCUT2D eigenvalue weighted by atomic mass is 10.1. The first-order chi connectivity index (χ1) is 10.1. The third kappa shape index (κ3) is 6.09. The van der Waals surface area contributed by atoms with Crippen LogP contribution < -0.4 is 0 Å². The number of hydrogen-bond acceptors (Lipinski definition) is 3. The second kappa shape index (κ2) is 8.11. The van der Waals surface area contributed by atoms with Gasteiger partial charge in [0, 0.05) is 6.61 Å². The summed E-state index contributed by atoms with van der Waals surface area (Å²) in [6.07, 6.45) is 10.2. The van der Waals surface area contributed by atoms with Crippen LogP contribution in [0.1, 0.15) is 53.4 Å². The normalized spacial score (nSPS) is 19.6. The van der Waals surface area contributed by atoms with Crippen LogP contribution in [0, 0.1) is 0 Å². The monoisotopic (exact) mass is 324 g/mol. The second-order valence-electron chi connectivity index (χ2n) is 7.59. The van der Waals surface area contributed by atoms with Crippen LogP contribution >= 0.6 is 0 Å². The zero-order valence-corrected chi connectivity index (χ0v) is 16.1. The third-order valence-corrected chi connectivity index (χ3v) is 9.06. The van der Waals surface area contributed by atoms with Crippen molar-refractivity contribution in [3.8, 4) is 0 Å². The van der Waals surface area contributed by atoms with Gasteiger partial charge in [-0.2, -0.15) is 0 Å². The van der Waals surface area contributed by atoms with Gasteiger partial charge in [0.1, 0.15) is 6.10 Å².